The Hall–Kier alpha value is -2.82. The summed E-state index contributed by atoms with van der Waals surface area (Å²) < 4.78 is 5.15. The van der Waals surface area contributed by atoms with Crippen LogP contribution >= 0.6 is 0 Å². The molecule has 0 saturated carbocycles. The van der Waals surface area contributed by atoms with Crippen molar-refractivity contribution < 1.29 is 14.3 Å². The lowest BCUT2D eigenvalue weighted by Crippen LogP contribution is -2.67. The summed E-state index contributed by atoms with van der Waals surface area (Å²) in [5.74, 6) is -0.179. The van der Waals surface area contributed by atoms with Crippen molar-refractivity contribution in [3.8, 4) is 11.1 Å². The molecule has 0 spiro atoms. The van der Waals surface area contributed by atoms with Gasteiger partial charge in [-0.2, -0.15) is 0 Å². The molecule has 0 unspecified atom stereocenters. The largest absolute Gasteiger partial charge is 0.445 e. The van der Waals surface area contributed by atoms with Crippen LogP contribution in [-0.2, 0) is 16.1 Å². The third kappa shape index (κ3) is 3.51. The highest BCUT2D eigenvalue weighted by Crippen LogP contribution is 2.19. The summed E-state index contributed by atoms with van der Waals surface area (Å²) in [4.78, 5) is 22.9. The van der Waals surface area contributed by atoms with E-state index in [2.05, 4.69) is 10.6 Å². The number of hydrogen-bond acceptors (Lipinski definition) is 3. The average Bonchev–Trinajstić information content (AvgIpc) is 2.59. The number of amides is 2. The molecule has 5 heteroatoms. The lowest BCUT2D eigenvalue weighted by atomic mass is 10.0. The predicted octanol–water partition coefficient (Wildman–Crippen LogP) is 2.47. The molecule has 0 radical (unpaired) electrons. The number of benzene rings is 2. The standard InChI is InChI=1S/C18H18N2O3/c1-12-16(17(21)19-12)20-18(22)23-11-13-7-9-15(10-8-13)14-5-3-2-4-6-14/h2-10,12,16H,11H2,1H3,(H,19,21)(H,20,22)/t12-,16-/m1/s1. The van der Waals surface area contributed by atoms with Gasteiger partial charge in [0.05, 0.1) is 6.04 Å². The molecule has 1 saturated heterocycles. The number of β-lactam (4-membered cyclic amide) rings is 1. The van der Waals surface area contributed by atoms with Crippen LogP contribution in [0.4, 0.5) is 4.79 Å². The van der Waals surface area contributed by atoms with E-state index >= 15 is 0 Å². The van der Waals surface area contributed by atoms with Crippen LogP contribution in [0.5, 0.6) is 0 Å². The Morgan fingerprint density at radius 3 is 2.35 bits per heavy atom. The molecule has 0 bridgehead atoms. The SMILES string of the molecule is C[C@H]1NC(=O)[C@@H]1NC(=O)OCc1ccc(-c2ccccc2)cc1. The molecule has 2 atom stereocenters. The van der Waals surface area contributed by atoms with E-state index in [0.717, 1.165) is 16.7 Å². The quantitative estimate of drug-likeness (QED) is 0.853. The number of ether oxygens (including phenoxy) is 1. The van der Waals surface area contributed by atoms with Gasteiger partial charge in [-0.15, -0.1) is 0 Å². The summed E-state index contributed by atoms with van der Waals surface area (Å²) >= 11 is 0. The first kappa shape index (κ1) is 15.1. The molecule has 1 fully saturated rings. The summed E-state index contributed by atoms with van der Waals surface area (Å²) in [5.41, 5.74) is 3.15. The van der Waals surface area contributed by atoms with Gasteiger partial charge in [0.2, 0.25) is 5.91 Å². The van der Waals surface area contributed by atoms with Gasteiger partial charge in [0, 0.05) is 0 Å². The lowest BCUT2D eigenvalue weighted by Gasteiger charge is -2.33. The molecule has 1 aliphatic heterocycles. The third-order valence-corrected chi connectivity index (χ3v) is 3.86. The number of carbonyl (C=O) groups is 2. The fourth-order valence-electron chi connectivity index (χ4n) is 2.46. The van der Waals surface area contributed by atoms with Crippen molar-refractivity contribution in [1.82, 2.24) is 10.6 Å². The van der Waals surface area contributed by atoms with E-state index in [1.807, 2.05) is 61.5 Å². The Morgan fingerprint density at radius 2 is 1.74 bits per heavy atom. The number of hydrogen-bond donors (Lipinski definition) is 2. The molecule has 2 N–H and O–H groups in total. The molecule has 1 heterocycles. The fourth-order valence-corrected chi connectivity index (χ4v) is 2.46. The van der Waals surface area contributed by atoms with Gasteiger partial charge in [0.25, 0.3) is 0 Å². The highest BCUT2D eigenvalue weighted by Gasteiger charge is 2.37. The van der Waals surface area contributed by atoms with E-state index < -0.39 is 12.1 Å². The first-order chi connectivity index (χ1) is 11.1. The van der Waals surface area contributed by atoms with Crippen LogP contribution in [0.3, 0.4) is 0 Å². The monoisotopic (exact) mass is 310 g/mol. The molecule has 23 heavy (non-hydrogen) atoms. The fraction of sp³-hybridized carbons (Fsp3) is 0.222. The van der Waals surface area contributed by atoms with Crippen molar-refractivity contribution in [1.29, 1.82) is 0 Å². The minimum Gasteiger partial charge on any atom is -0.445 e. The molecule has 3 rings (SSSR count). The van der Waals surface area contributed by atoms with Gasteiger partial charge in [-0.1, -0.05) is 54.6 Å². The van der Waals surface area contributed by atoms with E-state index in [-0.39, 0.29) is 18.6 Å². The zero-order valence-electron chi connectivity index (χ0n) is 12.8. The Kier molecular flexibility index (Phi) is 4.28. The topological polar surface area (TPSA) is 67.4 Å². The second-order valence-electron chi connectivity index (χ2n) is 5.56. The van der Waals surface area contributed by atoms with Gasteiger partial charge in [-0.05, 0) is 23.6 Å². The number of alkyl carbamates (subject to hydrolysis) is 1. The van der Waals surface area contributed by atoms with Crippen molar-refractivity contribution in [3.05, 3.63) is 60.2 Å². The van der Waals surface area contributed by atoms with Crippen LogP contribution in [0.2, 0.25) is 0 Å². The minimum absolute atomic E-state index is 0.0554. The summed E-state index contributed by atoms with van der Waals surface area (Å²) in [6.07, 6.45) is -0.580. The normalized spacial score (nSPS) is 19.4. The van der Waals surface area contributed by atoms with E-state index in [9.17, 15) is 9.59 Å². The van der Waals surface area contributed by atoms with E-state index in [0.29, 0.717) is 0 Å². The van der Waals surface area contributed by atoms with Crippen molar-refractivity contribution in [3.63, 3.8) is 0 Å². The highest BCUT2D eigenvalue weighted by atomic mass is 16.5. The third-order valence-electron chi connectivity index (χ3n) is 3.86. The van der Waals surface area contributed by atoms with Crippen LogP contribution in [0, 0.1) is 0 Å². The first-order valence-corrected chi connectivity index (χ1v) is 7.51. The predicted molar refractivity (Wildman–Crippen MR) is 86.6 cm³/mol. The van der Waals surface area contributed by atoms with Gasteiger partial charge in [0.15, 0.2) is 0 Å². The maximum Gasteiger partial charge on any atom is 0.408 e. The average molecular weight is 310 g/mol. The lowest BCUT2D eigenvalue weighted by molar-refractivity contribution is -0.131. The molecular formula is C18H18N2O3. The molecule has 118 valence electrons. The van der Waals surface area contributed by atoms with Crippen molar-refractivity contribution >= 4 is 12.0 Å². The summed E-state index contributed by atoms with van der Waals surface area (Å²) in [6.45, 7) is 2.00. The second kappa shape index (κ2) is 6.52. The zero-order chi connectivity index (χ0) is 16.2. The van der Waals surface area contributed by atoms with Gasteiger partial charge in [-0.25, -0.2) is 4.79 Å². The van der Waals surface area contributed by atoms with Crippen LogP contribution in [0.25, 0.3) is 11.1 Å². The first-order valence-electron chi connectivity index (χ1n) is 7.51. The highest BCUT2D eigenvalue weighted by molar-refractivity contribution is 5.92. The van der Waals surface area contributed by atoms with Gasteiger partial charge in [-0.3, -0.25) is 4.79 Å². The van der Waals surface area contributed by atoms with Crippen molar-refractivity contribution in [2.24, 2.45) is 0 Å². The van der Waals surface area contributed by atoms with Crippen LogP contribution in [0.1, 0.15) is 12.5 Å². The summed E-state index contributed by atoms with van der Waals surface area (Å²) in [6, 6.07) is 17.3. The number of carbonyl (C=O) groups excluding carboxylic acids is 2. The van der Waals surface area contributed by atoms with Crippen molar-refractivity contribution in [2.75, 3.05) is 0 Å². The van der Waals surface area contributed by atoms with E-state index in [1.54, 1.807) is 0 Å². The molecular weight excluding hydrogens is 292 g/mol. The smallest absolute Gasteiger partial charge is 0.408 e. The Balaban J connectivity index is 1.52. The van der Waals surface area contributed by atoms with Crippen LogP contribution in [0.15, 0.2) is 54.6 Å². The number of nitrogens with one attached hydrogen (secondary N) is 2. The summed E-state index contributed by atoms with van der Waals surface area (Å²) in [7, 11) is 0. The van der Waals surface area contributed by atoms with Crippen LogP contribution < -0.4 is 10.6 Å². The minimum atomic E-state index is -0.580. The summed E-state index contributed by atoms with van der Waals surface area (Å²) in [5, 5.41) is 5.20. The number of rotatable bonds is 4. The van der Waals surface area contributed by atoms with Gasteiger partial charge >= 0.3 is 6.09 Å². The Labute approximate surface area is 134 Å². The maximum atomic E-state index is 11.7. The Bertz CT molecular complexity index is 698. The second-order valence-corrected chi connectivity index (χ2v) is 5.56. The van der Waals surface area contributed by atoms with E-state index in [1.165, 1.54) is 0 Å². The maximum absolute atomic E-state index is 11.7. The van der Waals surface area contributed by atoms with Gasteiger partial charge in [0.1, 0.15) is 12.6 Å². The molecule has 5 nitrogen and oxygen atoms in total. The van der Waals surface area contributed by atoms with E-state index in [4.69, 9.17) is 4.74 Å². The van der Waals surface area contributed by atoms with Crippen LogP contribution in [-0.4, -0.2) is 24.1 Å². The molecule has 2 amide bonds. The molecule has 2 aromatic carbocycles. The Morgan fingerprint density at radius 1 is 1.09 bits per heavy atom. The molecule has 0 aromatic heterocycles. The molecule has 2 aromatic rings. The van der Waals surface area contributed by atoms with Gasteiger partial charge < -0.3 is 15.4 Å². The molecule has 0 aliphatic carbocycles. The molecule has 1 aliphatic rings. The van der Waals surface area contributed by atoms with Crippen molar-refractivity contribution in [2.45, 2.75) is 25.6 Å². The zero-order valence-corrected chi connectivity index (χ0v) is 12.8.